The summed E-state index contributed by atoms with van der Waals surface area (Å²) in [6, 6.07) is 0. The van der Waals surface area contributed by atoms with Crippen LogP contribution in [-0.2, 0) is 9.53 Å². The standard InChI is InChI=1S/C6H11ClO2/c1-3-5(7)4-6(8)9-2/h5H,3-4H2,1-2H3/t5-/m0/s1. The van der Waals surface area contributed by atoms with Crippen molar-refractivity contribution in [3.05, 3.63) is 0 Å². The predicted molar refractivity (Wildman–Crippen MR) is 36.6 cm³/mol. The van der Waals surface area contributed by atoms with E-state index >= 15 is 0 Å². The van der Waals surface area contributed by atoms with Crippen LogP contribution < -0.4 is 0 Å². The molecule has 54 valence electrons. The number of hydrogen-bond acceptors (Lipinski definition) is 2. The van der Waals surface area contributed by atoms with Gasteiger partial charge in [-0.2, -0.15) is 0 Å². The fourth-order valence-corrected chi connectivity index (χ4v) is 0.535. The van der Waals surface area contributed by atoms with E-state index in [0.29, 0.717) is 6.42 Å². The maximum Gasteiger partial charge on any atom is 0.307 e. The Hall–Kier alpha value is -0.240. The van der Waals surface area contributed by atoms with Crippen molar-refractivity contribution in [2.75, 3.05) is 7.11 Å². The minimum Gasteiger partial charge on any atom is -0.469 e. The summed E-state index contributed by atoms with van der Waals surface area (Å²) in [7, 11) is 1.36. The summed E-state index contributed by atoms with van der Waals surface area (Å²) < 4.78 is 4.40. The van der Waals surface area contributed by atoms with Crippen LogP contribution in [0.2, 0.25) is 0 Å². The van der Waals surface area contributed by atoms with Gasteiger partial charge in [0.15, 0.2) is 0 Å². The van der Waals surface area contributed by atoms with Crippen molar-refractivity contribution in [3.63, 3.8) is 0 Å². The predicted octanol–water partition coefficient (Wildman–Crippen LogP) is 1.57. The number of carbonyl (C=O) groups excluding carboxylic acids is 1. The molecule has 0 aliphatic rings. The lowest BCUT2D eigenvalue weighted by atomic mass is 10.2. The third-order valence-electron chi connectivity index (χ3n) is 1.06. The number of methoxy groups -OCH3 is 1. The van der Waals surface area contributed by atoms with Crippen LogP contribution in [0.15, 0.2) is 0 Å². The molecule has 0 amide bonds. The van der Waals surface area contributed by atoms with Gasteiger partial charge in [-0.3, -0.25) is 4.79 Å². The third-order valence-corrected chi connectivity index (χ3v) is 1.52. The minimum atomic E-state index is -0.239. The molecule has 0 aromatic heterocycles. The number of esters is 1. The van der Waals surface area contributed by atoms with Crippen LogP contribution in [0.5, 0.6) is 0 Å². The van der Waals surface area contributed by atoms with E-state index in [1.807, 2.05) is 6.92 Å². The van der Waals surface area contributed by atoms with E-state index in [9.17, 15) is 4.79 Å². The third kappa shape index (κ3) is 4.28. The molecule has 0 fully saturated rings. The van der Waals surface area contributed by atoms with E-state index in [4.69, 9.17) is 11.6 Å². The van der Waals surface area contributed by atoms with Crippen molar-refractivity contribution in [2.24, 2.45) is 0 Å². The van der Waals surface area contributed by atoms with Gasteiger partial charge >= 0.3 is 5.97 Å². The molecule has 3 heteroatoms. The van der Waals surface area contributed by atoms with Crippen LogP contribution in [0.25, 0.3) is 0 Å². The second-order valence-corrected chi connectivity index (χ2v) is 2.40. The summed E-state index contributed by atoms with van der Waals surface area (Å²) in [5, 5.41) is -0.0718. The number of halogens is 1. The highest BCUT2D eigenvalue weighted by molar-refractivity contribution is 6.21. The minimum absolute atomic E-state index is 0.0718. The molecule has 9 heavy (non-hydrogen) atoms. The molecule has 0 heterocycles. The highest BCUT2D eigenvalue weighted by atomic mass is 35.5. The maximum absolute atomic E-state index is 10.5. The molecule has 0 bridgehead atoms. The zero-order valence-corrected chi connectivity index (χ0v) is 6.44. The van der Waals surface area contributed by atoms with Crippen molar-refractivity contribution >= 4 is 17.6 Å². The van der Waals surface area contributed by atoms with E-state index in [-0.39, 0.29) is 11.3 Å². The van der Waals surface area contributed by atoms with Crippen LogP contribution in [-0.4, -0.2) is 18.5 Å². The Balaban J connectivity index is 3.34. The smallest absolute Gasteiger partial charge is 0.307 e. The molecule has 0 saturated heterocycles. The molecule has 0 rings (SSSR count). The summed E-state index contributed by atoms with van der Waals surface area (Å²) >= 11 is 5.64. The van der Waals surface area contributed by atoms with E-state index in [1.54, 1.807) is 0 Å². The lowest BCUT2D eigenvalue weighted by Crippen LogP contribution is -2.08. The number of alkyl halides is 1. The molecule has 0 radical (unpaired) electrons. The Morgan fingerprint density at radius 1 is 1.78 bits per heavy atom. The number of ether oxygens (including phenoxy) is 1. The van der Waals surface area contributed by atoms with E-state index in [1.165, 1.54) is 7.11 Å². The first-order valence-corrected chi connectivity index (χ1v) is 3.35. The zero-order chi connectivity index (χ0) is 7.28. The first-order chi connectivity index (χ1) is 4.20. The number of carbonyl (C=O) groups is 1. The van der Waals surface area contributed by atoms with Gasteiger partial charge in [-0.25, -0.2) is 0 Å². The second kappa shape index (κ2) is 4.62. The zero-order valence-electron chi connectivity index (χ0n) is 5.69. The first kappa shape index (κ1) is 8.76. The molecule has 0 aromatic carbocycles. The lowest BCUT2D eigenvalue weighted by Gasteiger charge is -2.02. The molecule has 0 unspecified atom stereocenters. The average molecular weight is 151 g/mol. The Labute approximate surface area is 60.1 Å². The molecule has 0 aliphatic carbocycles. The van der Waals surface area contributed by atoms with Gasteiger partial charge in [-0.1, -0.05) is 6.92 Å². The van der Waals surface area contributed by atoms with Crippen molar-refractivity contribution < 1.29 is 9.53 Å². The monoisotopic (exact) mass is 150 g/mol. The molecule has 0 spiro atoms. The van der Waals surface area contributed by atoms with Gasteiger partial charge in [0.1, 0.15) is 0 Å². The van der Waals surface area contributed by atoms with E-state index in [0.717, 1.165) is 6.42 Å². The highest BCUT2D eigenvalue weighted by Gasteiger charge is 2.07. The molecule has 0 saturated carbocycles. The van der Waals surface area contributed by atoms with Gasteiger partial charge in [0.05, 0.1) is 13.5 Å². The maximum atomic E-state index is 10.5. The molecular formula is C6H11ClO2. The molecule has 0 aromatic rings. The van der Waals surface area contributed by atoms with Crippen molar-refractivity contribution in [1.29, 1.82) is 0 Å². The fraction of sp³-hybridized carbons (Fsp3) is 0.833. The van der Waals surface area contributed by atoms with E-state index in [2.05, 4.69) is 4.74 Å². The second-order valence-electron chi connectivity index (χ2n) is 1.79. The van der Waals surface area contributed by atoms with Crippen LogP contribution in [0.3, 0.4) is 0 Å². The van der Waals surface area contributed by atoms with Crippen LogP contribution in [0, 0.1) is 0 Å². The van der Waals surface area contributed by atoms with Crippen molar-refractivity contribution in [2.45, 2.75) is 25.1 Å². The van der Waals surface area contributed by atoms with Crippen molar-refractivity contribution in [3.8, 4) is 0 Å². The number of rotatable bonds is 3. The van der Waals surface area contributed by atoms with Gasteiger partial charge in [-0.05, 0) is 6.42 Å². The Kier molecular flexibility index (Phi) is 4.50. The van der Waals surface area contributed by atoms with E-state index < -0.39 is 0 Å². The van der Waals surface area contributed by atoms with Crippen LogP contribution >= 0.6 is 11.6 Å². The molecular weight excluding hydrogens is 140 g/mol. The molecule has 2 nitrogen and oxygen atoms in total. The van der Waals surface area contributed by atoms with Gasteiger partial charge in [0.25, 0.3) is 0 Å². The van der Waals surface area contributed by atoms with Crippen LogP contribution in [0.4, 0.5) is 0 Å². The largest absolute Gasteiger partial charge is 0.469 e. The van der Waals surface area contributed by atoms with Gasteiger partial charge in [-0.15, -0.1) is 11.6 Å². The highest BCUT2D eigenvalue weighted by Crippen LogP contribution is 2.06. The van der Waals surface area contributed by atoms with Crippen molar-refractivity contribution in [1.82, 2.24) is 0 Å². The number of hydrogen-bond donors (Lipinski definition) is 0. The summed E-state index contributed by atoms with van der Waals surface area (Å²) in [5.74, 6) is -0.239. The topological polar surface area (TPSA) is 26.3 Å². The Morgan fingerprint density at radius 2 is 2.33 bits per heavy atom. The lowest BCUT2D eigenvalue weighted by molar-refractivity contribution is -0.140. The summed E-state index contributed by atoms with van der Waals surface area (Å²) in [4.78, 5) is 10.5. The summed E-state index contributed by atoms with van der Waals surface area (Å²) in [6.07, 6.45) is 1.12. The van der Waals surface area contributed by atoms with Gasteiger partial charge in [0.2, 0.25) is 0 Å². The fourth-order valence-electron chi connectivity index (χ4n) is 0.409. The van der Waals surface area contributed by atoms with Gasteiger partial charge in [0, 0.05) is 5.38 Å². The quantitative estimate of drug-likeness (QED) is 0.451. The van der Waals surface area contributed by atoms with Gasteiger partial charge < -0.3 is 4.74 Å². The Bertz CT molecular complexity index is 93.1. The molecule has 0 N–H and O–H groups in total. The molecule has 0 aliphatic heterocycles. The van der Waals surface area contributed by atoms with Crippen LogP contribution in [0.1, 0.15) is 19.8 Å². The normalized spacial score (nSPS) is 12.8. The Morgan fingerprint density at radius 3 is 2.67 bits per heavy atom. The summed E-state index contributed by atoms with van der Waals surface area (Å²) in [5.41, 5.74) is 0. The summed E-state index contributed by atoms with van der Waals surface area (Å²) in [6.45, 7) is 1.93. The average Bonchev–Trinajstić information content (AvgIpc) is 1.87. The molecule has 1 atom stereocenters. The first-order valence-electron chi connectivity index (χ1n) is 2.91. The SMILES string of the molecule is CC[C@H](Cl)CC(=O)OC.